The van der Waals surface area contributed by atoms with Gasteiger partial charge in [-0.15, -0.1) is 13.2 Å². The van der Waals surface area contributed by atoms with E-state index in [4.69, 9.17) is 0 Å². The van der Waals surface area contributed by atoms with Crippen molar-refractivity contribution in [1.29, 1.82) is 0 Å². The predicted octanol–water partition coefficient (Wildman–Crippen LogP) is 8.77. The zero-order chi connectivity index (χ0) is 23.1. The Balaban J connectivity index is 1.40. The van der Waals surface area contributed by atoms with Gasteiger partial charge in [-0.2, -0.15) is 0 Å². The van der Waals surface area contributed by atoms with E-state index in [1.165, 1.54) is 51.4 Å². The molecule has 1 aromatic carbocycles. The van der Waals surface area contributed by atoms with Crippen LogP contribution in [0.1, 0.15) is 83.1 Å². The lowest BCUT2D eigenvalue weighted by Crippen LogP contribution is -2.26. The smallest absolute Gasteiger partial charge is 0.399 e. The highest BCUT2D eigenvalue weighted by Crippen LogP contribution is 2.43. The highest BCUT2D eigenvalue weighted by atomic mass is 19.4. The van der Waals surface area contributed by atoms with Gasteiger partial charge in [0, 0.05) is 0 Å². The predicted molar refractivity (Wildman–Crippen MR) is 116 cm³/mol. The molecule has 0 spiro atoms. The maximum Gasteiger partial charge on any atom is 0.573 e. The van der Waals surface area contributed by atoms with Crippen molar-refractivity contribution in [2.24, 2.45) is 23.7 Å². The summed E-state index contributed by atoms with van der Waals surface area (Å²) in [6, 6.07) is 1.93. The van der Waals surface area contributed by atoms with Crippen LogP contribution < -0.4 is 4.74 Å². The van der Waals surface area contributed by atoms with Crippen molar-refractivity contribution < 1.29 is 26.7 Å². The second kappa shape index (κ2) is 11.5. The minimum atomic E-state index is -5.12. The maximum atomic E-state index is 13.9. The number of halogens is 5. The molecule has 3 rings (SSSR count). The van der Waals surface area contributed by atoms with Gasteiger partial charge < -0.3 is 4.74 Å². The van der Waals surface area contributed by atoms with Crippen LogP contribution in [-0.2, 0) is 6.42 Å². The van der Waals surface area contributed by atoms with E-state index in [0.717, 1.165) is 49.1 Å². The fourth-order valence-electron chi connectivity index (χ4n) is 5.74. The maximum absolute atomic E-state index is 13.9. The fourth-order valence-corrected chi connectivity index (χ4v) is 5.74. The molecule has 2 saturated carbocycles. The lowest BCUT2D eigenvalue weighted by Gasteiger charge is -2.38. The SMILES string of the molecule is C/C=C/CCC1CCC(C2CCC(CCc3cc(F)c(OC(F)(F)F)c(F)c3)CC2)CC1. The Labute approximate surface area is 188 Å². The summed E-state index contributed by atoms with van der Waals surface area (Å²) in [6.45, 7) is 2.08. The van der Waals surface area contributed by atoms with Gasteiger partial charge in [-0.3, -0.25) is 0 Å². The minimum absolute atomic E-state index is 0.382. The first-order chi connectivity index (χ1) is 15.2. The van der Waals surface area contributed by atoms with Gasteiger partial charge in [-0.05, 0) is 99.7 Å². The zero-order valence-electron chi connectivity index (χ0n) is 18.9. The van der Waals surface area contributed by atoms with Gasteiger partial charge in [0.1, 0.15) is 0 Å². The molecular formula is C26H35F5O. The van der Waals surface area contributed by atoms with Crippen molar-refractivity contribution in [3.8, 4) is 5.75 Å². The second-order valence-corrected chi connectivity index (χ2v) is 9.68. The molecule has 2 aliphatic rings. The molecule has 1 nitrogen and oxygen atoms in total. The molecule has 32 heavy (non-hydrogen) atoms. The Morgan fingerprint density at radius 3 is 1.81 bits per heavy atom. The van der Waals surface area contributed by atoms with Crippen molar-refractivity contribution in [3.05, 3.63) is 41.5 Å². The summed E-state index contributed by atoms with van der Waals surface area (Å²) in [4.78, 5) is 0. The van der Waals surface area contributed by atoms with Gasteiger partial charge in [0.15, 0.2) is 11.6 Å². The second-order valence-electron chi connectivity index (χ2n) is 9.68. The molecule has 0 heterocycles. The molecule has 2 fully saturated rings. The number of aryl methyl sites for hydroxylation is 1. The Kier molecular flexibility index (Phi) is 9.01. The number of hydrogen-bond donors (Lipinski definition) is 0. The number of allylic oxidation sites excluding steroid dienone is 2. The molecule has 0 N–H and O–H groups in total. The molecule has 0 aromatic heterocycles. The lowest BCUT2D eigenvalue weighted by atomic mass is 9.68. The third-order valence-corrected chi connectivity index (χ3v) is 7.54. The summed E-state index contributed by atoms with van der Waals surface area (Å²) in [7, 11) is 0. The van der Waals surface area contributed by atoms with Crippen molar-refractivity contribution >= 4 is 0 Å². The van der Waals surface area contributed by atoms with Crippen LogP contribution in [0.3, 0.4) is 0 Å². The van der Waals surface area contributed by atoms with Crippen molar-refractivity contribution in [2.45, 2.75) is 90.3 Å². The van der Waals surface area contributed by atoms with Crippen molar-refractivity contribution in [3.63, 3.8) is 0 Å². The van der Waals surface area contributed by atoms with E-state index >= 15 is 0 Å². The number of rotatable bonds is 8. The van der Waals surface area contributed by atoms with E-state index < -0.39 is 23.7 Å². The van der Waals surface area contributed by atoms with E-state index in [1.807, 2.05) is 0 Å². The van der Waals surface area contributed by atoms with Gasteiger partial charge >= 0.3 is 6.36 Å². The standard InChI is InChI=1S/C26H35F5O/c1-2-3-4-5-18-8-12-21(13-9-18)22-14-10-19(11-15-22)6-7-20-16-23(27)25(24(28)17-20)32-26(29,30)31/h2-3,16-19,21-22H,4-15H2,1H3/b3-2+. The summed E-state index contributed by atoms with van der Waals surface area (Å²) in [5, 5.41) is 0. The number of ether oxygens (including phenoxy) is 1. The first-order valence-corrected chi connectivity index (χ1v) is 12.1. The molecular weight excluding hydrogens is 423 g/mol. The van der Waals surface area contributed by atoms with Gasteiger partial charge in [0.25, 0.3) is 0 Å². The van der Waals surface area contributed by atoms with Crippen molar-refractivity contribution in [1.82, 2.24) is 0 Å². The van der Waals surface area contributed by atoms with Crippen LogP contribution in [0.15, 0.2) is 24.3 Å². The van der Waals surface area contributed by atoms with Gasteiger partial charge in [-0.25, -0.2) is 8.78 Å². The van der Waals surface area contributed by atoms with Crippen LogP contribution >= 0.6 is 0 Å². The quantitative estimate of drug-likeness (QED) is 0.279. The fraction of sp³-hybridized carbons (Fsp3) is 0.692. The molecule has 0 amide bonds. The number of hydrogen-bond acceptors (Lipinski definition) is 1. The minimum Gasteiger partial charge on any atom is -0.399 e. The Morgan fingerprint density at radius 2 is 1.34 bits per heavy atom. The van der Waals surface area contributed by atoms with E-state index in [1.54, 1.807) is 0 Å². The van der Waals surface area contributed by atoms with Crippen LogP contribution in [0.5, 0.6) is 5.75 Å². The Hall–Kier alpha value is -1.59. The van der Waals surface area contributed by atoms with Gasteiger partial charge in [-0.1, -0.05) is 37.8 Å². The highest BCUT2D eigenvalue weighted by molar-refractivity contribution is 5.31. The van der Waals surface area contributed by atoms with Crippen molar-refractivity contribution in [2.75, 3.05) is 0 Å². The van der Waals surface area contributed by atoms with Gasteiger partial charge in [0.2, 0.25) is 5.75 Å². The highest BCUT2D eigenvalue weighted by Gasteiger charge is 2.34. The average Bonchev–Trinajstić information content (AvgIpc) is 2.75. The largest absolute Gasteiger partial charge is 0.573 e. The van der Waals surface area contributed by atoms with E-state index in [9.17, 15) is 22.0 Å². The first-order valence-electron chi connectivity index (χ1n) is 12.1. The average molecular weight is 459 g/mol. The molecule has 0 atom stereocenters. The number of alkyl halides is 3. The van der Waals surface area contributed by atoms with Crippen LogP contribution in [0, 0.1) is 35.3 Å². The molecule has 0 aliphatic heterocycles. The molecule has 1 aromatic rings. The molecule has 0 bridgehead atoms. The van der Waals surface area contributed by atoms with E-state index in [-0.39, 0.29) is 0 Å². The Morgan fingerprint density at radius 1 is 0.844 bits per heavy atom. The third kappa shape index (κ3) is 7.48. The molecule has 0 radical (unpaired) electrons. The zero-order valence-corrected chi connectivity index (χ0v) is 18.9. The number of benzene rings is 1. The lowest BCUT2D eigenvalue weighted by molar-refractivity contribution is -0.276. The molecule has 0 unspecified atom stereocenters. The molecule has 0 saturated heterocycles. The first kappa shape index (κ1) is 25.0. The van der Waals surface area contributed by atoms with E-state index in [0.29, 0.717) is 17.9 Å². The van der Waals surface area contributed by atoms with Crippen LogP contribution in [0.25, 0.3) is 0 Å². The third-order valence-electron chi connectivity index (χ3n) is 7.54. The van der Waals surface area contributed by atoms with Crippen LogP contribution in [-0.4, -0.2) is 6.36 Å². The molecule has 180 valence electrons. The van der Waals surface area contributed by atoms with E-state index in [2.05, 4.69) is 23.8 Å². The topological polar surface area (TPSA) is 9.23 Å². The normalized spacial score (nSPS) is 27.1. The molecule has 2 aliphatic carbocycles. The van der Waals surface area contributed by atoms with Crippen LogP contribution in [0.2, 0.25) is 0 Å². The summed E-state index contributed by atoms with van der Waals surface area (Å²) in [5.74, 6) is -0.939. The Bertz CT molecular complexity index is 718. The van der Waals surface area contributed by atoms with Gasteiger partial charge in [0.05, 0.1) is 0 Å². The summed E-state index contributed by atoms with van der Waals surface area (Å²) < 4.78 is 68.1. The summed E-state index contributed by atoms with van der Waals surface area (Å²) >= 11 is 0. The summed E-state index contributed by atoms with van der Waals surface area (Å²) in [5.41, 5.74) is 0.382. The molecule has 6 heteroatoms. The summed E-state index contributed by atoms with van der Waals surface area (Å²) in [6.07, 6.45) is 13.2. The monoisotopic (exact) mass is 458 g/mol. The van der Waals surface area contributed by atoms with Crippen LogP contribution in [0.4, 0.5) is 22.0 Å².